The molecule has 0 aromatic heterocycles. The minimum absolute atomic E-state index is 0.180. The number of methoxy groups -OCH3 is 1. The van der Waals surface area contributed by atoms with E-state index in [1.54, 1.807) is 36.0 Å². The molecule has 1 saturated heterocycles. The highest BCUT2D eigenvalue weighted by Crippen LogP contribution is 2.29. The summed E-state index contributed by atoms with van der Waals surface area (Å²) in [5, 5.41) is 12.4. The van der Waals surface area contributed by atoms with Crippen LogP contribution in [0.25, 0.3) is 0 Å². The Morgan fingerprint density at radius 3 is 2.41 bits per heavy atom. The SMILES string of the molecule is COC(=O)N1CCCC1CSc1ccc(Oc2ccc(CC(=S)Nc3ccccc3C(=O)O)cc2)cc1. The Balaban J connectivity index is 1.27. The Morgan fingerprint density at radius 2 is 1.73 bits per heavy atom. The van der Waals surface area contributed by atoms with Crippen molar-refractivity contribution in [2.75, 3.05) is 24.7 Å². The first-order valence-corrected chi connectivity index (χ1v) is 13.3. The van der Waals surface area contributed by atoms with Crippen molar-refractivity contribution in [3.05, 3.63) is 83.9 Å². The first-order chi connectivity index (χ1) is 17.9. The molecule has 2 N–H and O–H groups in total. The topological polar surface area (TPSA) is 88.1 Å². The molecule has 1 unspecified atom stereocenters. The van der Waals surface area contributed by atoms with E-state index >= 15 is 0 Å². The maximum atomic E-state index is 11.9. The van der Waals surface area contributed by atoms with Gasteiger partial charge in [0.1, 0.15) is 11.5 Å². The van der Waals surface area contributed by atoms with Crippen LogP contribution in [-0.2, 0) is 11.2 Å². The van der Waals surface area contributed by atoms with Crippen LogP contribution in [-0.4, -0.2) is 52.5 Å². The average molecular weight is 537 g/mol. The largest absolute Gasteiger partial charge is 0.478 e. The second-order valence-corrected chi connectivity index (χ2v) is 10.1. The molecule has 1 aliphatic rings. The lowest BCUT2D eigenvalue weighted by Crippen LogP contribution is -2.36. The fourth-order valence-electron chi connectivity index (χ4n) is 4.13. The molecule has 1 aliphatic heterocycles. The van der Waals surface area contributed by atoms with Gasteiger partial charge in [-0.2, -0.15) is 0 Å². The Bertz CT molecular complexity index is 1250. The molecule has 37 heavy (non-hydrogen) atoms. The van der Waals surface area contributed by atoms with Crippen LogP contribution < -0.4 is 10.1 Å². The van der Waals surface area contributed by atoms with Crippen molar-refractivity contribution >= 4 is 46.7 Å². The number of anilines is 1. The van der Waals surface area contributed by atoms with E-state index in [-0.39, 0.29) is 17.7 Å². The van der Waals surface area contributed by atoms with Crippen molar-refractivity contribution in [1.29, 1.82) is 0 Å². The molecule has 0 bridgehead atoms. The number of ether oxygens (including phenoxy) is 2. The number of nitrogens with zero attached hydrogens (tertiary/aromatic N) is 1. The molecule has 1 atom stereocenters. The molecule has 192 valence electrons. The number of rotatable bonds is 9. The molecule has 0 spiro atoms. The van der Waals surface area contributed by atoms with E-state index in [9.17, 15) is 14.7 Å². The predicted molar refractivity (Wildman–Crippen MR) is 149 cm³/mol. The zero-order chi connectivity index (χ0) is 26.2. The molecular weight excluding hydrogens is 508 g/mol. The molecule has 0 radical (unpaired) electrons. The molecule has 4 rings (SSSR count). The summed E-state index contributed by atoms with van der Waals surface area (Å²) in [6.07, 6.45) is 2.23. The summed E-state index contributed by atoms with van der Waals surface area (Å²) in [6.45, 7) is 0.754. The number of carboxylic acids is 1. The molecule has 3 aromatic carbocycles. The minimum Gasteiger partial charge on any atom is -0.478 e. The lowest BCUT2D eigenvalue weighted by Gasteiger charge is -2.22. The van der Waals surface area contributed by atoms with E-state index in [0.717, 1.165) is 41.3 Å². The summed E-state index contributed by atoms with van der Waals surface area (Å²) in [4.78, 5) is 26.7. The number of aromatic carboxylic acids is 1. The number of thiocarbonyl (C=S) groups is 1. The van der Waals surface area contributed by atoms with E-state index in [2.05, 4.69) is 5.32 Å². The van der Waals surface area contributed by atoms with Gasteiger partial charge in [-0.15, -0.1) is 11.8 Å². The van der Waals surface area contributed by atoms with Crippen LogP contribution in [0, 0.1) is 0 Å². The van der Waals surface area contributed by atoms with Gasteiger partial charge in [-0.25, -0.2) is 9.59 Å². The summed E-state index contributed by atoms with van der Waals surface area (Å²) in [7, 11) is 1.42. The highest BCUT2D eigenvalue weighted by atomic mass is 32.2. The minimum atomic E-state index is -1.00. The van der Waals surface area contributed by atoms with Gasteiger partial charge in [0.15, 0.2) is 0 Å². The zero-order valence-corrected chi connectivity index (χ0v) is 22.0. The van der Waals surface area contributed by atoms with Gasteiger partial charge in [0.2, 0.25) is 0 Å². The number of nitrogens with one attached hydrogen (secondary N) is 1. The van der Waals surface area contributed by atoms with Crippen molar-refractivity contribution in [1.82, 2.24) is 4.90 Å². The first kappa shape index (κ1) is 26.5. The third-order valence-corrected chi connectivity index (χ3v) is 7.41. The zero-order valence-electron chi connectivity index (χ0n) is 20.4. The molecule has 3 aromatic rings. The maximum Gasteiger partial charge on any atom is 0.409 e. The lowest BCUT2D eigenvalue weighted by molar-refractivity contribution is 0.0698. The van der Waals surface area contributed by atoms with Crippen LogP contribution in [0.15, 0.2) is 77.7 Å². The van der Waals surface area contributed by atoms with E-state index in [1.165, 1.54) is 7.11 Å². The highest BCUT2D eigenvalue weighted by molar-refractivity contribution is 7.99. The van der Waals surface area contributed by atoms with Gasteiger partial charge in [-0.1, -0.05) is 36.5 Å². The van der Waals surface area contributed by atoms with Crippen molar-refractivity contribution in [2.24, 2.45) is 0 Å². The van der Waals surface area contributed by atoms with Crippen LogP contribution >= 0.6 is 24.0 Å². The normalized spacial score (nSPS) is 14.7. The average Bonchev–Trinajstić information content (AvgIpc) is 3.38. The monoisotopic (exact) mass is 536 g/mol. The Hall–Kier alpha value is -3.56. The quantitative estimate of drug-likeness (QED) is 0.237. The Kier molecular flexibility index (Phi) is 9.03. The van der Waals surface area contributed by atoms with Gasteiger partial charge in [0, 0.05) is 29.7 Å². The van der Waals surface area contributed by atoms with Gasteiger partial charge >= 0.3 is 12.1 Å². The van der Waals surface area contributed by atoms with E-state index < -0.39 is 5.97 Å². The third kappa shape index (κ3) is 7.24. The van der Waals surface area contributed by atoms with E-state index in [0.29, 0.717) is 22.8 Å². The molecule has 0 aliphatic carbocycles. The number of thioether (sulfide) groups is 1. The van der Waals surface area contributed by atoms with Gasteiger partial charge in [0.05, 0.1) is 23.3 Å². The molecule has 0 saturated carbocycles. The van der Waals surface area contributed by atoms with Crippen LogP contribution in [0.4, 0.5) is 10.5 Å². The van der Waals surface area contributed by atoms with E-state index in [1.807, 2.05) is 53.4 Å². The van der Waals surface area contributed by atoms with Crippen LogP contribution in [0.2, 0.25) is 0 Å². The molecule has 7 nitrogen and oxygen atoms in total. The van der Waals surface area contributed by atoms with Crippen LogP contribution in [0.3, 0.4) is 0 Å². The number of amides is 1. The second kappa shape index (κ2) is 12.6. The first-order valence-electron chi connectivity index (χ1n) is 11.9. The molecule has 1 heterocycles. The standard InChI is InChI=1S/C28H28N2O5S2/c1-34-28(33)30-16-4-5-20(30)18-37-23-14-12-22(13-15-23)35-21-10-8-19(9-11-21)17-26(36)29-25-7-3-2-6-24(25)27(31)32/h2-3,6-15,20H,4-5,16-18H2,1H3,(H,29,36)(H,31,32). The predicted octanol–water partition coefficient (Wildman–Crippen LogP) is 6.48. The van der Waals surface area contributed by atoms with E-state index in [4.69, 9.17) is 21.7 Å². The Labute approximate surface area is 225 Å². The molecular formula is C28H28N2O5S2. The summed E-state index contributed by atoms with van der Waals surface area (Å²) < 4.78 is 10.9. The van der Waals surface area contributed by atoms with Gasteiger partial charge in [-0.3, -0.25) is 0 Å². The fourth-order valence-corrected chi connectivity index (χ4v) is 5.47. The Morgan fingerprint density at radius 1 is 1.05 bits per heavy atom. The summed E-state index contributed by atoms with van der Waals surface area (Å²) in [5.41, 5.74) is 1.64. The molecule has 9 heteroatoms. The number of carbonyl (C=O) groups excluding carboxylic acids is 1. The molecule has 1 fully saturated rings. The summed E-state index contributed by atoms with van der Waals surface area (Å²) in [6, 6.07) is 22.4. The number of benzene rings is 3. The van der Waals surface area contributed by atoms with Crippen molar-refractivity contribution < 1.29 is 24.2 Å². The lowest BCUT2D eigenvalue weighted by atomic mass is 10.1. The number of likely N-dealkylation sites (tertiary alicyclic amines) is 1. The third-order valence-electron chi connectivity index (χ3n) is 6.01. The number of carbonyl (C=O) groups is 2. The molecule has 1 amide bonds. The highest BCUT2D eigenvalue weighted by Gasteiger charge is 2.29. The number of carboxylic acid groups (broad SMARTS) is 1. The fraction of sp³-hybridized carbons (Fsp3) is 0.250. The van der Waals surface area contributed by atoms with Gasteiger partial charge in [0.25, 0.3) is 0 Å². The smallest absolute Gasteiger partial charge is 0.409 e. The second-order valence-electron chi connectivity index (χ2n) is 8.56. The van der Waals surface area contributed by atoms with Gasteiger partial charge in [-0.05, 0) is 66.9 Å². The maximum absolute atomic E-state index is 11.9. The summed E-state index contributed by atoms with van der Waals surface area (Å²) >= 11 is 7.15. The van der Waals surface area contributed by atoms with Crippen molar-refractivity contribution in [3.63, 3.8) is 0 Å². The van der Waals surface area contributed by atoms with Crippen molar-refractivity contribution in [2.45, 2.75) is 30.2 Å². The number of hydrogen-bond acceptors (Lipinski definition) is 6. The van der Waals surface area contributed by atoms with Crippen molar-refractivity contribution in [3.8, 4) is 11.5 Å². The van der Waals surface area contributed by atoms with Crippen LogP contribution in [0.1, 0.15) is 28.8 Å². The van der Waals surface area contributed by atoms with Crippen LogP contribution in [0.5, 0.6) is 11.5 Å². The number of hydrogen-bond donors (Lipinski definition) is 2. The summed E-state index contributed by atoms with van der Waals surface area (Å²) in [5.74, 6) is 1.27. The van der Waals surface area contributed by atoms with Gasteiger partial charge < -0.3 is 24.8 Å². The number of para-hydroxylation sites is 1.